The smallest absolute Gasteiger partial charge is 0.256 e. The number of ether oxygens (including phenoxy) is 1. The Hall–Kier alpha value is -4.45. The quantitative estimate of drug-likeness (QED) is 0.201. The molecule has 3 aliphatic rings. The summed E-state index contributed by atoms with van der Waals surface area (Å²) in [5.41, 5.74) is 2.02. The molecular weight excluding hydrogens is 611 g/mol. The molecule has 10 nitrogen and oxygen atoms in total. The fraction of sp³-hybridized carbons (Fsp3) is 0.405. The second-order valence-corrected chi connectivity index (χ2v) is 13.5. The Morgan fingerprint density at radius 3 is 2.62 bits per heavy atom. The molecule has 8 rings (SSSR count). The first-order chi connectivity index (χ1) is 23.4. The predicted octanol–water partition coefficient (Wildman–Crippen LogP) is 5.40. The second-order valence-electron chi connectivity index (χ2n) is 13.5. The first-order valence-corrected chi connectivity index (χ1v) is 17.0. The minimum absolute atomic E-state index is 0.0435. The van der Waals surface area contributed by atoms with Crippen molar-refractivity contribution >= 4 is 44.4 Å². The molecule has 3 aliphatic heterocycles. The fourth-order valence-electron chi connectivity index (χ4n) is 7.54. The molecule has 2 saturated heterocycles. The summed E-state index contributed by atoms with van der Waals surface area (Å²) in [6.45, 7) is 7.05. The number of fused-ring (bicyclic) bond motifs is 5. The molecule has 0 saturated carbocycles. The Morgan fingerprint density at radius 2 is 1.81 bits per heavy atom. The summed E-state index contributed by atoms with van der Waals surface area (Å²) in [6, 6.07) is 13.2. The van der Waals surface area contributed by atoms with E-state index in [2.05, 4.69) is 39.4 Å². The largest absolute Gasteiger partial charge is 0.456 e. The summed E-state index contributed by atoms with van der Waals surface area (Å²) < 4.78 is 30.5. The van der Waals surface area contributed by atoms with E-state index in [-0.39, 0.29) is 22.4 Å². The normalized spacial score (nSPS) is 18.4. The number of aromatic nitrogens is 1. The van der Waals surface area contributed by atoms with Crippen molar-refractivity contribution in [2.24, 2.45) is 0 Å². The van der Waals surface area contributed by atoms with Crippen LogP contribution in [0, 0.1) is 5.82 Å². The van der Waals surface area contributed by atoms with Crippen LogP contribution >= 0.6 is 0 Å². The van der Waals surface area contributed by atoms with E-state index in [1.807, 2.05) is 36.4 Å². The summed E-state index contributed by atoms with van der Waals surface area (Å²) in [6.07, 6.45) is 5.42. The van der Waals surface area contributed by atoms with E-state index >= 15 is 4.39 Å². The summed E-state index contributed by atoms with van der Waals surface area (Å²) in [7, 11) is 4.23. The van der Waals surface area contributed by atoms with Gasteiger partial charge in [0.05, 0.1) is 11.1 Å². The van der Waals surface area contributed by atoms with Crippen molar-refractivity contribution in [3.05, 3.63) is 70.3 Å². The van der Waals surface area contributed by atoms with E-state index in [0.29, 0.717) is 41.7 Å². The number of carbonyl (C=O) groups excluding carboxylic acids is 1. The van der Waals surface area contributed by atoms with Crippen molar-refractivity contribution < 1.29 is 18.3 Å². The third kappa shape index (κ3) is 5.49. The van der Waals surface area contributed by atoms with Gasteiger partial charge in [-0.3, -0.25) is 9.59 Å². The lowest BCUT2D eigenvalue weighted by Gasteiger charge is -2.32. The van der Waals surface area contributed by atoms with Crippen molar-refractivity contribution in [1.29, 1.82) is 0 Å². The van der Waals surface area contributed by atoms with Gasteiger partial charge in [0, 0.05) is 68.3 Å². The molecule has 1 amide bonds. The van der Waals surface area contributed by atoms with Gasteiger partial charge >= 0.3 is 0 Å². The maximum absolute atomic E-state index is 16.0. The third-order valence-electron chi connectivity index (χ3n) is 10.4. The maximum atomic E-state index is 16.0. The Labute approximate surface area is 278 Å². The molecule has 11 heteroatoms. The molecule has 1 unspecified atom stereocenters. The van der Waals surface area contributed by atoms with E-state index in [4.69, 9.17) is 9.15 Å². The van der Waals surface area contributed by atoms with Gasteiger partial charge in [-0.1, -0.05) is 18.2 Å². The summed E-state index contributed by atoms with van der Waals surface area (Å²) >= 11 is 0. The number of hydrogen-bond acceptors (Lipinski definition) is 8. The van der Waals surface area contributed by atoms with Crippen LogP contribution in [0.1, 0.15) is 36.0 Å². The van der Waals surface area contributed by atoms with Crippen molar-refractivity contribution in [2.45, 2.75) is 31.7 Å². The second kappa shape index (κ2) is 12.5. The van der Waals surface area contributed by atoms with E-state index in [9.17, 15) is 9.59 Å². The van der Waals surface area contributed by atoms with Gasteiger partial charge in [-0.2, -0.15) is 0 Å². The van der Waals surface area contributed by atoms with Crippen molar-refractivity contribution in [1.82, 2.24) is 24.6 Å². The average Bonchev–Trinajstić information content (AvgIpc) is 3.67. The molecule has 0 bridgehead atoms. The molecule has 0 aliphatic carbocycles. The molecule has 48 heavy (non-hydrogen) atoms. The van der Waals surface area contributed by atoms with Crippen LogP contribution in [0.25, 0.3) is 38.5 Å². The van der Waals surface area contributed by atoms with Gasteiger partial charge in [-0.15, -0.1) is 0 Å². The van der Waals surface area contributed by atoms with Crippen LogP contribution in [0.2, 0.25) is 0 Å². The first-order valence-electron chi connectivity index (χ1n) is 17.0. The SMILES string of the molecule is CN1CCN(CCCNc2c(F)cc3c(=O)c(C(=O)NCCC4CCCN4C)cn4c3c2Oc2cc3c(cc2-4)oc2ccccc23)CC1. The maximum Gasteiger partial charge on any atom is 0.256 e. The number of amides is 1. The first kappa shape index (κ1) is 30.9. The number of halogens is 1. The average molecular weight is 653 g/mol. The minimum Gasteiger partial charge on any atom is -0.456 e. The lowest BCUT2D eigenvalue weighted by molar-refractivity contribution is 0.0949. The van der Waals surface area contributed by atoms with Gasteiger partial charge in [0.15, 0.2) is 17.3 Å². The third-order valence-corrected chi connectivity index (χ3v) is 10.4. The lowest BCUT2D eigenvalue weighted by Crippen LogP contribution is -2.44. The Bertz CT molecular complexity index is 2100. The number of rotatable bonds is 9. The number of hydrogen-bond donors (Lipinski definition) is 2. The Balaban J connectivity index is 1.17. The molecule has 2 N–H and O–H groups in total. The zero-order chi connectivity index (χ0) is 32.9. The zero-order valence-electron chi connectivity index (χ0n) is 27.5. The molecule has 2 aromatic heterocycles. The molecule has 1 atom stereocenters. The molecule has 0 radical (unpaired) electrons. The van der Waals surface area contributed by atoms with E-state index < -0.39 is 17.2 Å². The number of piperazine rings is 1. The Morgan fingerprint density at radius 1 is 0.979 bits per heavy atom. The molecule has 5 heterocycles. The number of nitrogens with zero attached hydrogens (tertiary/aromatic N) is 4. The number of anilines is 1. The topological polar surface area (TPSA) is 95.2 Å². The number of likely N-dealkylation sites (tertiary alicyclic amines) is 1. The highest BCUT2D eigenvalue weighted by Gasteiger charge is 2.30. The monoisotopic (exact) mass is 652 g/mol. The van der Waals surface area contributed by atoms with Gasteiger partial charge in [0.2, 0.25) is 5.43 Å². The number of nitrogens with one attached hydrogen (secondary N) is 2. The predicted molar refractivity (Wildman–Crippen MR) is 187 cm³/mol. The molecule has 3 aromatic carbocycles. The minimum atomic E-state index is -0.596. The van der Waals surface area contributed by atoms with Gasteiger partial charge in [-0.05, 0) is 71.1 Å². The van der Waals surface area contributed by atoms with E-state index in [1.165, 1.54) is 6.07 Å². The van der Waals surface area contributed by atoms with Crippen LogP contribution < -0.4 is 20.8 Å². The van der Waals surface area contributed by atoms with Crippen LogP contribution in [0.3, 0.4) is 0 Å². The van der Waals surface area contributed by atoms with Crippen LogP contribution in [0.5, 0.6) is 11.5 Å². The highest BCUT2D eigenvalue weighted by Crippen LogP contribution is 2.47. The number of pyridine rings is 1. The molecular formula is C37H41FN6O4. The molecule has 250 valence electrons. The molecule has 0 spiro atoms. The fourth-order valence-corrected chi connectivity index (χ4v) is 7.54. The number of benzene rings is 3. The van der Waals surface area contributed by atoms with Crippen LogP contribution in [0.15, 0.2) is 57.9 Å². The highest BCUT2D eigenvalue weighted by molar-refractivity contribution is 6.07. The van der Waals surface area contributed by atoms with E-state index in [1.54, 1.807) is 10.8 Å². The van der Waals surface area contributed by atoms with Gasteiger partial charge in [0.25, 0.3) is 5.91 Å². The van der Waals surface area contributed by atoms with Crippen molar-refractivity contribution in [3.63, 3.8) is 0 Å². The lowest BCUT2D eigenvalue weighted by atomic mass is 10.0. The van der Waals surface area contributed by atoms with Crippen LogP contribution in [-0.4, -0.2) is 97.7 Å². The molecule has 5 aromatic rings. The number of carbonyl (C=O) groups is 1. The standard InChI is InChI=1S/C37H41FN6O4/c1-41-15-17-43(18-16-41)14-6-11-39-33-28(38)19-26-34-36(33)48-32-20-25-24-8-3-4-9-30(24)47-31(25)21-29(32)44(34)22-27(35(26)45)37(46)40-12-10-23-7-5-13-42(23)2/h3-4,8-9,19-23,39H,5-7,10-18H2,1-2H3,(H,40,46). The zero-order valence-corrected chi connectivity index (χ0v) is 27.5. The van der Waals surface area contributed by atoms with E-state index in [0.717, 1.165) is 81.3 Å². The van der Waals surface area contributed by atoms with Gasteiger partial charge < -0.3 is 39.1 Å². The van der Waals surface area contributed by atoms with Crippen molar-refractivity contribution in [3.8, 4) is 17.2 Å². The number of para-hydroxylation sites is 1. The summed E-state index contributed by atoms with van der Waals surface area (Å²) in [4.78, 5) is 34.5. The number of furan rings is 1. The Kier molecular flexibility index (Phi) is 8.06. The van der Waals surface area contributed by atoms with Crippen molar-refractivity contribution in [2.75, 3.05) is 71.8 Å². The highest BCUT2D eigenvalue weighted by atomic mass is 19.1. The summed E-state index contributed by atoms with van der Waals surface area (Å²) in [5.74, 6) is -0.358. The summed E-state index contributed by atoms with van der Waals surface area (Å²) in [5, 5.41) is 8.12. The van der Waals surface area contributed by atoms with Gasteiger partial charge in [-0.25, -0.2) is 4.39 Å². The van der Waals surface area contributed by atoms with Crippen LogP contribution in [0.4, 0.5) is 10.1 Å². The molecule has 2 fully saturated rings. The van der Waals surface area contributed by atoms with Gasteiger partial charge in [0.1, 0.15) is 27.9 Å². The number of likely N-dealkylation sites (N-methyl/N-ethyl adjacent to an activating group) is 1. The van der Waals surface area contributed by atoms with Crippen LogP contribution in [-0.2, 0) is 0 Å².